The first kappa shape index (κ1) is 10.4. The molecule has 3 heteroatoms. The van der Waals surface area contributed by atoms with Crippen LogP contribution in [-0.4, -0.2) is 18.9 Å². The molecule has 0 aromatic rings. The Morgan fingerprint density at radius 1 is 0.800 bits per heavy atom. The van der Waals surface area contributed by atoms with E-state index >= 15 is 0 Å². The first-order chi connectivity index (χ1) is 7.21. The molecule has 0 aliphatic heterocycles. The van der Waals surface area contributed by atoms with Gasteiger partial charge in [0.1, 0.15) is 0 Å². The van der Waals surface area contributed by atoms with E-state index in [-0.39, 0.29) is 10.5 Å². The molecule has 2 aliphatic rings. The van der Waals surface area contributed by atoms with Crippen molar-refractivity contribution in [3.63, 3.8) is 0 Å². The van der Waals surface area contributed by atoms with Crippen LogP contribution in [0.3, 0.4) is 0 Å². The Labute approximate surface area is 90.6 Å². The second-order valence-electron chi connectivity index (χ2n) is 3.76. The maximum atomic E-state index is 12.2. The second-order valence-corrected chi connectivity index (χ2v) is 6.15. The molecule has 0 N–H and O–H groups in total. The average Bonchev–Trinajstić information content (AvgIpc) is 2.31. The number of sulfone groups is 1. The Balaban J connectivity index is 2.19. The van der Waals surface area contributed by atoms with Gasteiger partial charge in [-0.05, 0) is 12.8 Å². The van der Waals surface area contributed by atoms with Crippen LogP contribution >= 0.6 is 0 Å². The average molecular weight is 222 g/mol. The van der Waals surface area contributed by atoms with E-state index in [4.69, 9.17) is 0 Å². The Hall–Kier alpha value is -1.09. The van der Waals surface area contributed by atoms with Crippen molar-refractivity contribution in [1.82, 2.24) is 0 Å². The number of hydrogen-bond acceptors (Lipinski definition) is 2. The molecule has 2 unspecified atom stereocenters. The predicted octanol–water partition coefficient (Wildman–Crippen LogP) is 2.17. The predicted molar refractivity (Wildman–Crippen MR) is 62.3 cm³/mol. The molecule has 0 saturated heterocycles. The van der Waals surface area contributed by atoms with E-state index in [2.05, 4.69) is 0 Å². The molecule has 0 aromatic carbocycles. The third kappa shape index (κ3) is 2.12. The summed E-state index contributed by atoms with van der Waals surface area (Å²) in [6, 6.07) is 0. The van der Waals surface area contributed by atoms with Crippen LogP contribution in [0.5, 0.6) is 0 Å². The van der Waals surface area contributed by atoms with Gasteiger partial charge in [0.05, 0.1) is 10.5 Å². The normalized spacial score (nSPS) is 29.6. The molecule has 0 fully saturated rings. The summed E-state index contributed by atoms with van der Waals surface area (Å²) >= 11 is 0. The fourth-order valence-electron chi connectivity index (χ4n) is 1.83. The zero-order valence-corrected chi connectivity index (χ0v) is 9.23. The first-order valence-corrected chi connectivity index (χ1v) is 6.71. The smallest absolute Gasteiger partial charge is 0.163 e. The molecule has 0 spiro atoms. The van der Waals surface area contributed by atoms with Crippen molar-refractivity contribution >= 4 is 9.84 Å². The van der Waals surface area contributed by atoms with Gasteiger partial charge >= 0.3 is 0 Å². The summed E-state index contributed by atoms with van der Waals surface area (Å²) in [5.74, 6) is 0. The lowest BCUT2D eigenvalue weighted by atomic mass is 10.2. The van der Waals surface area contributed by atoms with Crippen LogP contribution in [0.1, 0.15) is 12.8 Å². The maximum absolute atomic E-state index is 12.2. The van der Waals surface area contributed by atoms with E-state index in [1.54, 1.807) is 12.2 Å². The molecule has 2 atom stereocenters. The molecule has 0 bridgehead atoms. The number of rotatable bonds is 2. The van der Waals surface area contributed by atoms with E-state index in [1.807, 2.05) is 36.5 Å². The van der Waals surface area contributed by atoms with Crippen LogP contribution in [0.2, 0.25) is 0 Å². The first-order valence-electron chi connectivity index (χ1n) is 5.10. The third-order valence-electron chi connectivity index (χ3n) is 2.73. The summed E-state index contributed by atoms with van der Waals surface area (Å²) in [7, 11) is -3.06. The van der Waals surface area contributed by atoms with E-state index < -0.39 is 9.84 Å². The molecule has 0 heterocycles. The standard InChI is InChI=1S/C12H14O2S/c13-15(14,11-7-3-1-4-8-11)12-9-5-2-6-10-12/h1-7,9,11-12H,8,10H2. The van der Waals surface area contributed by atoms with Crippen LogP contribution < -0.4 is 0 Å². The fourth-order valence-corrected chi connectivity index (χ4v) is 3.65. The van der Waals surface area contributed by atoms with Gasteiger partial charge in [-0.2, -0.15) is 0 Å². The highest BCUT2D eigenvalue weighted by Crippen LogP contribution is 2.22. The van der Waals surface area contributed by atoms with Gasteiger partial charge in [0.25, 0.3) is 0 Å². The molecule has 2 nitrogen and oxygen atoms in total. The molecule has 0 amide bonds. The van der Waals surface area contributed by atoms with Crippen molar-refractivity contribution in [2.75, 3.05) is 0 Å². The minimum atomic E-state index is -3.06. The van der Waals surface area contributed by atoms with Gasteiger partial charge in [-0.25, -0.2) is 8.42 Å². The van der Waals surface area contributed by atoms with Crippen molar-refractivity contribution in [2.24, 2.45) is 0 Å². The summed E-state index contributed by atoms with van der Waals surface area (Å²) in [6.07, 6.45) is 16.0. The Morgan fingerprint density at radius 2 is 1.27 bits per heavy atom. The summed E-state index contributed by atoms with van der Waals surface area (Å²) in [5, 5.41) is -0.688. The molecule has 80 valence electrons. The fraction of sp³-hybridized carbons (Fsp3) is 0.333. The van der Waals surface area contributed by atoms with E-state index in [0.29, 0.717) is 12.8 Å². The van der Waals surface area contributed by atoms with Crippen LogP contribution in [0.25, 0.3) is 0 Å². The van der Waals surface area contributed by atoms with Gasteiger partial charge in [0.2, 0.25) is 0 Å². The van der Waals surface area contributed by atoms with E-state index in [9.17, 15) is 8.42 Å². The van der Waals surface area contributed by atoms with Crippen LogP contribution in [0.15, 0.2) is 48.6 Å². The maximum Gasteiger partial charge on any atom is 0.163 e. The molecule has 2 rings (SSSR count). The van der Waals surface area contributed by atoms with Gasteiger partial charge in [-0.15, -0.1) is 0 Å². The highest BCUT2D eigenvalue weighted by Gasteiger charge is 2.30. The second kappa shape index (κ2) is 4.19. The summed E-state index contributed by atoms with van der Waals surface area (Å²) in [6.45, 7) is 0. The zero-order chi connectivity index (χ0) is 10.7. The van der Waals surface area contributed by atoms with Crippen molar-refractivity contribution in [3.05, 3.63) is 48.6 Å². The van der Waals surface area contributed by atoms with Crippen molar-refractivity contribution in [2.45, 2.75) is 23.3 Å². The molecule has 0 aromatic heterocycles. The number of allylic oxidation sites excluding steroid dienone is 6. The lowest BCUT2D eigenvalue weighted by Crippen LogP contribution is -2.30. The van der Waals surface area contributed by atoms with Gasteiger partial charge in [0.15, 0.2) is 9.84 Å². The highest BCUT2D eigenvalue weighted by atomic mass is 32.2. The molecule has 15 heavy (non-hydrogen) atoms. The van der Waals surface area contributed by atoms with Crippen molar-refractivity contribution in [3.8, 4) is 0 Å². The van der Waals surface area contributed by atoms with Gasteiger partial charge in [-0.3, -0.25) is 0 Å². The lowest BCUT2D eigenvalue weighted by molar-refractivity contribution is 0.580. The summed E-state index contributed by atoms with van der Waals surface area (Å²) < 4.78 is 24.3. The van der Waals surface area contributed by atoms with E-state index in [1.165, 1.54) is 0 Å². The van der Waals surface area contributed by atoms with Gasteiger partial charge in [0, 0.05) is 0 Å². The quantitative estimate of drug-likeness (QED) is 0.717. The minimum Gasteiger partial charge on any atom is -0.228 e. The van der Waals surface area contributed by atoms with E-state index in [0.717, 1.165) is 0 Å². The molecule has 2 aliphatic carbocycles. The Bertz CT molecular complexity index is 402. The molecule has 0 saturated carbocycles. The SMILES string of the molecule is O=S(=O)(C1C=CC=CC1)C1C=CC=CC1. The minimum absolute atomic E-state index is 0.344. The van der Waals surface area contributed by atoms with Crippen molar-refractivity contribution < 1.29 is 8.42 Å². The molecular weight excluding hydrogens is 208 g/mol. The summed E-state index contributed by atoms with van der Waals surface area (Å²) in [4.78, 5) is 0. The van der Waals surface area contributed by atoms with Gasteiger partial charge < -0.3 is 0 Å². The zero-order valence-electron chi connectivity index (χ0n) is 8.41. The monoisotopic (exact) mass is 222 g/mol. The summed E-state index contributed by atoms with van der Waals surface area (Å²) in [5.41, 5.74) is 0. The largest absolute Gasteiger partial charge is 0.228 e. The molecular formula is C12H14O2S. The lowest BCUT2D eigenvalue weighted by Gasteiger charge is -2.20. The topological polar surface area (TPSA) is 34.1 Å². The Morgan fingerprint density at radius 3 is 1.60 bits per heavy atom. The van der Waals surface area contributed by atoms with Gasteiger partial charge in [-0.1, -0.05) is 48.6 Å². The third-order valence-corrected chi connectivity index (χ3v) is 5.11. The Kier molecular flexibility index (Phi) is 2.91. The van der Waals surface area contributed by atoms with Crippen molar-refractivity contribution in [1.29, 1.82) is 0 Å². The number of hydrogen-bond donors (Lipinski definition) is 0. The van der Waals surface area contributed by atoms with Crippen LogP contribution in [0.4, 0.5) is 0 Å². The van der Waals surface area contributed by atoms with Crippen LogP contribution in [-0.2, 0) is 9.84 Å². The molecule has 0 radical (unpaired) electrons. The van der Waals surface area contributed by atoms with Crippen LogP contribution in [0, 0.1) is 0 Å². The highest BCUT2D eigenvalue weighted by molar-refractivity contribution is 7.93.